The molecule has 0 aliphatic carbocycles. The maximum absolute atomic E-state index is 12.0. The van der Waals surface area contributed by atoms with Crippen LogP contribution in [0.4, 0.5) is 0 Å². The number of para-hydroxylation sites is 1. The largest absolute Gasteiger partial charge is 0.491 e. The summed E-state index contributed by atoms with van der Waals surface area (Å²) in [5.74, 6) is 0.807. The average molecular weight is 318 g/mol. The van der Waals surface area contributed by atoms with Crippen LogP contribution in [0.1, 0.15) is 18.1 Å². The minimum atomic E-state index is -0.0636. The molecule has 2 aromatic rings. The van der Waals surface area contributed by atoms with Crippen molar-refractivity contribution in [1.82, 2.24) is 5.32 Å². The van der Waals surface area contributed by atoms with E-state index in [4.69, 9.17) is 16.3 Å². The van der Waals surface area contributed by atoms with Crippen molar-refractivity contribution in [3.63, 3.8) is 0 Å². The first kappa shape index (κ1) is 16.4. The van der Waals surface area contributed by atoms with Crippen molar-refractivity contribution in [3.8, 4) is 5.75 Å². The number of nitrogens with one attached hydrogen (secondary N) is 1. The lowest BCUT2D eigenvalue weighted by Crippen LogP contribution is -2.37. The molecule has 0 spiro atoms. The van der Waals surface area contributed by atoms with Crippen molar-refractivity contribution in [2.45, 2.75) is 26.3 Å². The Morgan fingerprint density at radius 3 is 2.73 bits per heavy atom. The lowest BCUT2D eigenvalue weighted by molar-refractivity contribution is -0.121. The summed E-state index contributed by atoms with van der Waals surface area (Å²) >= 11 is 5.91. The molecule has 3 nitrogen and oxygen atoms in total. The molecule has 0 heterocycles. The number of rotatable bonds is 6. The van der Waals surface area contributed by atoms with Crippen LogP contribution in [0.15, 0.2) is 48.5 Å². The number of benzene rings is 2. The fourth-order valence-electron chi connectivity index (χ4n) is 2.13. The highest BCUT2D eigenvalue weighted by molar-refractivity contribution is 6.30. The van der Waals surface area contributed by atoms with Crippen LogP contribution in [0.3, 0.4) is 0 Å². The van der Waals surface area contributed by atoms with Gasteiger partial charge < -0.3 is 10.1 Å². The predicted molar refractivity (Wildman–Crippen MR) is 89.4 cm³/mol. The first-order valence-corrected chi connectivity index (χ1v) is 7.64. The Hall–Kier alpha value is -2.00. The maximum atomic E-state index is 12.0. The van der Waals surface area contributed by atoms with Crippen LogP contribution in [0, 0.1) is 6.92 Å². The summed E-state index contributed by atoms with van der Waals surface area (Å²) < 4.78 is 5.73. The van der Waals surface area contributed by atoms with E-state index in [0.29, 0.717) is 18.1 Å². The summed E-state index contributed by atoms with van der Waals surface area (Å²) in [5, 5.41) is 3.57. The summed E-state index contributed by atoms with van der Waals surface area (Å²) in [6, 6.07) is 15.1. The molecule has 2 aromatic carbocycles. The highest BCUT2D eigenvalue weighted by Gasteiger charge is 2.09. The van der Waals surface area contributed by atoms with Gasteiger partial charge in [0.15, 0.2) is 0 Å². The van der Waals surface area contributed by atoms with Crippen LogP contribution >= 0.6 is 11.6 Å². The number of halogens is 1. The van der Waals surface area contributed by atoms with Crippen LogP contribution in [0.25, 0.3) is 0 Å². The highest BCUT2D eigenvalue weighted by Crippen LogP contribution is 2.16. The minimum Gasteiger partial charge on any atom is -0.491 e. The lowest BCUT2D eigenvalue weighted by atomic mass is 10.1. The van der Waals surface area contributed by atoms with Crippen molar-refractivity contribution < 1.29 is 9.53 Å². The van der Waals surface area contributed by atoms with Gasteiger partial charge in [-0.05, 0) is 43.2 Å². The van der Waals surface area contributed by atoms with E-state index in [1.807, 2.05) is 50.2 Å². The molecule has 0 unspecified atom stereocenters. The predicted octanol–water partition coefficient (Wildman–Crippen LogP) is 3.77. The molecule has 1 atom stereocenters. The fraction of sp³-hybridized carbons (Fsp3) is 0.278. The smallest absolute Gasteiger partial charge is 0.224 e. The number of carbonyl (C=O) groups is 1. The zero-order valence-corrected chi connectivity index (χ0v) is 13.6. The Morgan fingerprint density at radius 2 is 2.00 bits per heavy atom. The maximum Gasteiger partial charge on any atom is 0.224 e. The van der Waals surface area contributed by atoms with Gasteiger partial charge in [-0.15, -0.1) is 0 Å². The Balaban J connectivity index is 1.80. The minimum absolute atomic E-state index is 0.0387. The van der Waals surface area contributed by atoms with Gasteiger partial charge in [0, 0.05) is 5.02 Å². The van der Waals surface area contributed by atoms with E-state index in [1.165, 1.54) is 0 Å². The first-order chi connectivity index (χ1) is 10.5. The average Bonchev–Trinajstić information content (AvgIpc) is 2.46. The third kappa shape index (κ3) is 5.08. The summed E-state index contributed by atoms with van der Waals surface area (Å²) in [6.45, 7) is 4.36. The van der Waals surface area contributed by atoms with E-state index in [0.717, 1.165) is 16.9 Å². The number of amides is 1. The second-order valence-electron chi connectivity index (χ2n) is 5.35. The summed E-state index contributed by atoms with van der Waals surface area (Å²) in [6.07, 6.45) is 0.315. The van der Waals surface area contributed by atoms with Crippen LogP contribution in [-0.4, -0.2) is 18.6 Å². The van der Waals surface area contributed by atoms with Gasteiger partial charge in [-0.1, -0.05) is 41.9 Å². The zero-order chi connectivity index (χ0) is 15.9. The Bertz CT molecular complexity index is 642. The molecule has 116 valence electrons. The van der Waals surface area contributed by atoms with Crippen LogP contribution < -0.4 is 10.1 Å². The van der Waals surface area contributed by atoms with Gasteiger partial charge in [0.05, 0.1) is 12.5 Å². The van der Waals surface area contributed by atoms with Gasteiger partial charge in [0.1, 0.15) is 12.4 Å². The Labute approximate surface area is 136 Å². The standard InChI is InChI=1S/C18H20ClNO2/c1-13-6-3-4-9-17(13)22-12-14(2)20-18(21)11-15-7-5-8-16(19)10-15/h3-10,14H,11-12H2,1-2H3,(H,20,21)/t14-/m1/s1. The van der Waals surface area contributed by atoms with E-state index in [1.54, 1.807) is 12.1 Å². The number of hydrogen-bond donors (Lipinski definition) is 1. The number of hydrogen-bond acceptors (Lipinski definition) is 2. The molecule has 0 saturated carbocycles. The van der Waals surface area contributed by atoms with Gasteiger partial charge in [0.2, 0.25) is 5.91 Å². The molecule has 22 heavy (non-hydrogen) atoms. The van der Waals surface area contributed by atoms with E-state index < -0.39 is 0 Å². The van der Waals surface area contributed by atoms with E-state index in [2.05, 4.69) is 5.32 Å². The topological polar surface area (TPSA) is 38.3 Å². The highest BCUT2D eigenvalue weighted by atomic mass is 35.5. The number of aryl methyl sites for hydroxylation is 1. The second-order valence-corrected chi connectivity index (χ2v) is 5.79. The molecule has 1 amide bonds. The Kier molecular flexibility index (Phi) is 5.84. The summed E-state index contributed by atoms with van der Waals surface area (Å²) in [7, 11) is 0. The second kappa shape index (κ2) is 7.85. The van der Waals surface area contributed by atoms with Crippen LogP contribution in [0.5, 0.6) is 5.75 Å². The van der Waals surface area contributed by atoms with E-state index >= 15 is 0 Å². The SMILES string of the molecule is Cc1ccccc1OC[C@@H](C)NC(=O)Cc1cccc(Cl)c1. The van der Waals surface area contributed by atoms with Crippen molar-refractivity contribution in [3.05, 3.63) is 64.7 Å². The number of ether oxygens (including phenoxy) is 1. The third-order valence-electron chi connectivity index (χ3n) is 3.24. The van der Waals surface area contributed by atoms with Gasteiger partial charge in [0.25, 0.3) is 0 Å². The quantitative estimate of drug-likeness (QED) is 0.880. The van der Waals surface area contributed by atoms with Gasteiger partial charge in [-0.3, -0.25) is 4.79 Å². The molecule has 4 heteroatoms. The first-order valence-electron chi connectivity index (χ1n) is 7.27. The van der Waals surface area contributed by atoms with Crippen molar-refractivity contribution in [1.29, 1.82) is 0 Å². The monoisotopic (exact) mass is 317 g/mol. The summed E-state index contributed by atoms with van der Waals surface area (Å²) in [5.41, 5.74) is 1.98. The molecule has 0 aliphatic heterocycles. The van der Waals surface area contributed by atoms with Gasteiger partial charge in [-0.25, -0.2) is 0 Å². The molecule has 1 N–H and O–H groups in total. The summed E-state index contributed by atoms with van der Waals surface area (Å²) in [4.78, 5) is 12.0. The molecule has 2 rings (SSSR count). The molecular formula is C18H20ClNO2. The Morgan fingerprint density at radius 1 is 1.23 bits per heavy atom. The van der Waals surface area contributed by atoms with Gasteiger partial charge in [-0.2, -0.15) is 0 Å². The zero-order valence-electron chi connectivity index (χ0n) is 12.8. The van der Waals surface area contributed by atoms with Crippen molar-refractivity contribution in [2.24, 2.45) is 0 Å². The molecule has 0 aliphatic rings. The third-order valence-corrected chi connectivity index (χ3v) is 3.48. The normalized spacial score (nSPS) is 11.8. The molecular weight excluding hydrogens is 298 g/mol. The fourth-order valence-corrected chi connectivity index (χ4v) is 2.35. The van der Waals surface area contributed by atoms with Crippen LogP contribution in [-0.2, 0) is 11.2 Å². The number of carbonyl (C=O) groups excluding carboxylic acids is 1. The molecule has 0 bridgehead atoms. The van der Waals surface area contributed by atoms with Crippen molar-refractivity contribution in [2.75, 3.05) is 6.61 Å². The molecule has 0 saturated heterocycles. The van der Waals surface area contributed by atoms with Crippen molar-refractivity contribution >= 4 is 17.5 Å². The van der Waals surface area contributed by atoms with E-state index in [-0.39, 0.29) is 11.9 Å². The lowest BCUT2D eigenvalue weighted by Gasteiger charge is -2.16. The molecule has 0 aromatic heterocycles. The van der Waals surface area contributed by atoms with Gasteiger partial charge >= 0.3 is 0 Å². The molecule has 0 radical (unpaired) electrons. The molecule has 0 fully saturated rings. The van der Waals surface area contributed by atoms with E-state index in [9.17, 15) is 4.79 Å². The van der Waals surface area contributed by atoms with Crippen LogP contribution in [0.2, 0.25) is 5.02 Å².